The highest BCUT2D eigenvalue weighted by Gasteiger charge is 2.17. The van der Waals surface area contributed by atoms with E-state index in [4.69, 9.17) is 4.74 Å². The first-order chi connectivity index (χ1) is 12.5. The number of carbonyl (C=O) groups is 2. The van der Waals surface area contributed by atoms with Crippen LogP contribution in [0, 0.1) is 13.8 Å². The van der Waals surface area contributed by atoms with Crippen molar-refractivity contribution < 1.29 is 14.3 Å². The van der Waals surface area contributed by atoms with Gasteiger partial charge in [0.15, 0.2) is 5.13 Å². The summed E-state index contributed by atoms with van der Waals surface area (Å²) in [6.07, 6.45) is 1.64. The minimum atomic E-state index is -0.328. The van der Waals surface area contributed by atoms with Gasteiger partial charge in [0.05, 0.1) is 12.2 Å². The van der Waals surface area contributed by atoms with Gasteiger partial charge in [-0.05, 0) is 51.1 Å². The van der Waals surface area contributed by atoms with Gasteiger partial charge in [-0.3, -0.25) is 10.1 Å². The fourth-order valence-electron chi connectivity index (χ4n) is 2.79. The first kappa shape index (κ1) is 17.9. The van der Waals surface area contributed by atoms with Crippen LogP contribution in [-0.2, 0) is 4.74 Å². The van der Waals surface area contributed by atoms with Gasteiger partial charge in [0.2, 0.25) is 0 Å². The molecule has 1 aromatic carbocycles. The molecule has 1 N–H and O–H groups in total. The Labute approximate surface area is 155 Å². The summed E-state index contributed by atoms with van der Waals surface area (Å²) in [5.41, 5.74) is 3.69. The molecule has 0 saturated heterocycles. The van der Waals surface area contributed by atoms with Gasteiger partial charge in [0.25, 0.3) is 5.91 Å². The molecule has 3 aromatic rings. The Balaban J connectivity index is 1.85. The molecule has 7 heteroatoms. The van der Waals surface area contributed by atoms with E-state index >= 15 is 0 Å². The Morgan fingerprint density at radius 3 is 2.58 bits per heavy atom. The molecule has 0 radical (unpaired) electrons. The van der Waals surface area contributed by atoms with E-state index in [0.717, 1.165) is 17.1 Å². The predicted molar refractivity (Wildman–Crippen MR) is 101 cm³/mol. The first-order valence-electron chi connectivity index (χ1n) is 8.18. The van der Waals surface area contributed by atoms with Crippen LogP contribution in [0.15, 0.2) is 41.9 Å². The Hall–Kier alpha value is -2.93. The highest BCUT2D eigenvalue weighted by Crippen LogP contribution is 2.22. The number of anilines is 1. The van der Waals surface area contributed by atoms with Gasteiger partial charge in [0.1, 0.15) is 0 Å². The molecule has 0 bridgehead atoms. The molecule has 0 aliphatic rings. The number of aryl methyl sites for hydroxylation is 1. The standard InChI is InChI=1S/C19H19N3O3S/c1-4-25-18(24)16-11-12(2)22(13(16)3)15-7-5-14(6-8-15)17(23)21-19-20-9-10-26-19/h5-11H,4H2,1-3H3,(H,20,21,23). The first-order valence-corrected chi connectivity index (χ1v) is 9.06. The number of nitrogens with zero attached hydrogens (tertiary/aromatic N) is 2. The van der Waals surface area contributed by atoms with Crippen molar-refractivity contribution in [3.8, 4) is 5.69 Å². The van der Waals surface area contributed by atoms with E-state index in [1.54, 1.807) is 30.6 Å². The van der Waals surface area contributed by atoms with Crippen molar-refractivity contribution in [2.24, 2.45) is 0 Å². The summed E-state index contributed by atoms with van der Waals surface area (Å²) >= 11 is 1.37. The molecule has 0 atom stereocenters. The summed E-state index contributed by atoms with van der Waals surface area (Å²) in [6.45, 7) is 5.93. The molecule has 3 rings (SSSR count). The lowest BCUT2D eigenvalue weighted by atomic mass is 10.2. The predicted octanol–water partition coefficient (Wildman–Crippen LogP) is 3.98. The van der Waals surface area contributed by atoms with E-state index < -0.39 is 0 Å². The number of hydrogen-bond acceptors (Lipinski definition) is 5. The van der Waals surface area contributed by atoms with Crippen LogP contribution in [0.4, 0.5) is 5.13 Å². The van der Waals surface area contributed by atoms with Gasteiger partial charge in [-0.15, -0.1) is 11.3 Å². The van der Waals surface area contributed by atoms with E-state index in [9.17, 15) is 9.59 Å². The van der Waals surface area contributed by atoms with Crippen molar-refractivity contribution in [3.63, 3.8) is 0 Å². The van der Waals surface area contributed by atoms with Crippen molar-refractivity contribution in [2.45, 2.75) is 20.8 Å². The highest BCUT2D eigenvalue weighted by atomic mass is 32.1. The van der Waals surface area contributed by atoms with Gasteiger partial charge >= 0.3 is 5.97 Å². The van der Waals surface area contributed by atoms with E-state index in [1.165, 1.54) is 11.3 Å². The molecular formula is C19H19N3O3S. The third-order valence-electron chi connectivity index (χ3n) is 3.97. The molecule has 0 fully saturated rings. The molecule has 2 heterocycles. The lowest BCUT2D eigenvalue weighted by Gasteiger charge is -2.11. The number of carbonyl (C=O) groups excluding carboxylic acids is 2. The van der Waals surface area contributed by atoms with Crippen LogP contribution in [0.2, 0.25) is 0 Å². The molecule has 6 nitrogen and oxygen atoms in total. The number of hydrogen-bond donors (Lipinski definition) is 1. The number of esters is 1. The second-order valence-electron chi connectivity index (χ2n) is 5.68. The van der Waals surface area contributed by atoms with E-state index in [1.807, 2.05) is 36.6 Å². The fourth-order valence-corrected chi connectivity index (χ4v) is 3.32. The van der Waals surface area contributed by atoms with Crippen LogP contribution in [-0.4, -0.2) is 28.0 Å². The van der Waals surface area contributed by atoms with Crippen LogP contribution < -0.4 is 5.32 Å². The number of benzene rings is 1. The monoisotopic (exact) mass is 369 g/mol. The zero-order valence-electron chi connectivity index (χ0n) is 14.8. The van der Waals surface area contributed by atoms with Gasteiger partial charge in [0, 0.05) is 34.2 Å². The average Bonchev–Trinajstić information content (AvgIpc) is 3.23. The third-order valence-corrected chi connectivity index (χ3v) is 4.66. The Bertz CT molecular complexity index is 928. The van der Waals surface area contributed by atoms with Crippen LogP contribution in [0.3, 0.4) is 0 Å². The Morgan fingerprint density at radius 1 is 1.23 bits per heavy atom. The van der Waals surface area contributed by atoms with Gasteiger partial charge < -0.3 is 9.30 Å². The minimum Gasteiger partial charge on any atom is -0.462 e. The normalized spacial score (nSPS) is 10.6. The van der Waals surface area contributed by atoms with Gasteiger partial charge in [-0.2, -0.15) is 0 Å². The largest absolute Gasteiger partial charge is 0.462 e. The molecule has 0 aliphatic heterocycles. The smallest absolute Gasteiger partial charge is 0.339 e. The summed E-state index contributed by atoms with van der Waals surface area (Å²) in [5, 5.41) is 5.12. The van der Waals surface area contributed by atoms with Crippen LogP contribution in [0.25, 0.3) is 5.69 Å². The molecule has 26 heavy (non-hydrogen) atoms. The molecule has 0 spiro atoms. The number of aromatic nitrogens is 2. The van der Waals surface area contributed by atoms with Crippen molar-refractivity contribution in [3.05, 3.63) is 64.4 Å². The zero-order valence-corrected chi connectivity index (χ0v) is 15.6. The SMILES string of the molecule is CCOC(=O)c1cc(C)n(-c2ccc(C(=O)Nc3nccs3)cc2)c1C. The van der Waals surface area contributed by atoms with E-state index in [-0.39, 0.29) is 11.9 Å². The quantitative estimate of drug-likeness (QED) is 0.691. The van der Waals surface area contributed by atoms with Crippen molar-refractivity contribution >= 4 is 28.3 Å². The highest BCUT2D eigenvalue weighted by molar-refractivity contribution is 7.13. The second-order valence-corrected chi connectivity index (χ2v) is 6.57. The summed E-state index contributed by atoms with van der Waals surface area (Å²) in [4.78, 5) is 28.4. The Morgan fingerprint density at radius 2 is 1.96 bits per heavy atom. The average molecular weight is 369 g/mol. The second kappa shape index (κ2) is 7.53. The maximum atomic E-state index is 12.2. The summed E-state index contributed by atoms with van der Waals surface area (Å²) in [7, 11) is 0. The number of ether oxygens (including phenoxy) is 1. The van der Waals surface area contributed by atoms with Gasteiger partial charge in [-0.25, -0.2) is 9.78 Å². The van der Waals surface area contributed by atoms with Gasteiger partial charge in [-0.1, -0.05) is 0 Å². The molecule has 0 aliphatic carbocycles. The topological polar surface area (TPSA) is 73.2 Å². The van der Waals surface area contributed by atoms with E-state index in [0.29, 0.717) is 22.9 Å². The fraction of sp³-hybridized carbons (Fsp3) is 0.211. The molecule has 134 valence electrons. The summed E-state index contributed by atoms with van der Waals surface area (Å²) in [6, 6.07) is 9.02. The number of thiazole rings is 1. The zero-order chi connectivity index (χ0) is 18.7. The number of nitrogens with one attached hydrogen (secondary N) is 1. The minimum absolute atomic E-state index is 0.209. The number of rotatable bonds is 5. The molecule has 0 unspecified atom stereocenters. The van der Waals surface area contributed by atoms with Crippen LogP contribution >= 0.6 is 11.3 Å². The summed E-state index contributed by atoms with van der Waals surface area (Å²) < 4.78 is 7.07. The third kappa shape index (κ3) is 3.52. The lowest BCUT2D eigenvalue weighted by Crippen LogP contribution is -2.12. The van der Waals surface area contributed by atoms with Crippen molar-refractivity contribution in [2.75, 3.05) is 11.9 Å². The maximum absolute atomic E-state index is 12.2. The van der Waals surface area contributed by atoms with Crippen molar-refractivity contribution in [1.82, 2.24) is 9.55 Å². The van der Waals surface area contributed by atoms with E-state index in [2.05, 4.69) is 10.3 Å². The van der Waals surface area contributed by atoms with Crippen LogP contribution in [0.1, 0.15) is 39.0 Å². The van der Waals surface area contributed by atoms with Crippen molar-refractivity contribution in [1.29, 1.82) is 0 Å². The van der Waals surface area contributed by atoms with Crippen LogP contribution in [0.5, 0.6) is 0 Å². The Kier molecular flexibility index (Phi) is 5.18. The molecular weight excluding hydrogens is 350 g/mol. The lowest BCUT2D eigenvalue weighted by molar-refractivity contribution is 0.0525. The molecule has 2 aromatic heterocycles. The number of amides is 1. The molecule has 0 saturated carbocycles. The summed E-state index contributed by atoms with van der Waals surface area (Å²) in [5.74, 6) is -0.536. The maximum Gasteiger partial charge on any atom is 0.339 e. The molecule has 1 amide bonds.